The minimum atomic E-state index is -0.616. The fourth-order valence-electron chi connectivity index (χ4n) is 3.97. The Bertz CT molecular complexity index is 927. The third kappa shape index (κ3) is 6.90. The van der Waals surface area contributed by atoms with Gasteiger partial charge in [-0.25, -0.2) is 0 Å². The summed E-state index contributed by atoms with van der Waals surface area (Å²) in [7, 11) is 0. The molecule has 1 aliphatic rings. The summed E-state index contributed by atoms with van der Waals surface area (Å²) in [5.74, 6) is 0.776. The van der Waals surface area contributed by atoms with Crippen LogP contribution in [0, 0.1) is 6.92 Å². The predicted octanol–water partition coefficient (Wildman–Crippen LogP) is 6.01. The quantitative estimate of drug-likeness (QED) is 0.466. The van der Waals surface area contributed by atoms with E-state index in [1.807, 2.05) is 6.07 Å². The van der Waals surface area contributed by atoms with E-state index < -0.39 is 6.04 Å². The summed E-state index contributed by atoms with van der Waals surface area (Å²) in [6, 6.07) is 13.1. The number of carbonyl (C=O) groups is 2. The van der Waals surface area contributed by atoms with Crippen molar-refractivity contribution in [3.05, 3.63) is 69.2 Å². The van der Waals surface area contributed by atoms with Crippen LogP contribution in [0.3, 0.4) is 0 Å². The Morgan fingerprint density at radius 1 is 1.12 bits per heavy atom. The average molecular weight is 494 g/mol. The van der Waals surface area contributed by atoms with Crippen molar-refractivity contribution in [2.75, 3.05) is 5.75 Å². The van der Waals surface area contributed by atoms with Gasteiger partial charge in [-0.05, 0) is 44.4 Å². The molecule has 2 aromatic carbocycles. The molecular weight excluding hydrogens is 463 g/mol. The predicted molar refractivity (Wildman–Crippen MR) is 134 cm³/mol. The van der Waals surface area contributed by atoms with Crippen molar-refractivity contribution in [3.63, 3.8) is 0 Å². The first-order valence-corrected chi connectivity index (χ1v) is 12.9. The van der Waals surface area contributed by atoms with Crippen molar-refractivity contribution in [1.29, 1.82) is 0 Å². The molecule has 0 spiro atoms. The molecule has 1 atom stereocenters. The van der Waals surface area contributed by atoms with Gasteiger partial charge in [0, 0.05) is 33.9 Å². The minimum absolute atomic E-state index is 0.104. The highest BCUT2D eigenvalue weighted by Gasteiger charge is 2.29. The second-order valence-corrected chi connectivity index (χ2v) is 10.2. The average Bonchev–Trinajstić information content (AvgIpc) is 3.26. The number of nitrogens with one attached hydrogen (secondary N) is 1. The lowest BCUT2D eigenvalue weighted by Gasteiger charge is -2.30. The number of benzene rings is 2. The van der Waals surface area contributed by atoms with Gasteiger partial charge in [-0.2, -0.15) is 0 Å². The molecule has 1 aliphatic carbocycles. The zero-order valence-corrected chi connectivity index (χ0v) is 20.9. The number of amides is 2. The normalized spacial score (nSPS) is 14.9. The van der Waals surface area contributed by atoms with Crippen LogP contribution in [0.4, 0.5) is 0 Å². The summed E-state index contributed by atoms with van der Waals surface area (Å²) < 4.78 is 0. The van der Waals surface area contributed by atoms with E-state index in [-0.39, 0.29) is 30.2 Å². The van der Waals surface area contributed by atoms with Crippen LogP contribution in [-0.2, 0) is 21.9 Å². The van der Waals surface area contributed by atoms with Crippen LogP contribution in [0.2, 0.25) is 10.0 Å². The summed E-state index contributed by atoms with van der Waals surface area (Å²) >= 11 is 14.3. The van der Waals surface area contributed by atoms with Crippen LogP contribution in [0.1, 0.15) is 49.3 Å². The summed E-state index contributed by atoms with van der Waals surface area (Å²) in [6.07, 6.45) is 4.25. The van der Waals surface area contributed by atoms with Gasteiger partial charge in [0.05, 0.1) is 5.75 Å². The largest absolute Gasteiger partial charge is 0.352 e. The highest BCUT2D eigenvalue weighted by atomic mass is 35.5. The van der Waals surface area contributed by atoms with Crippen LogP contribution in [0.5, 0.6) is 0 Å². The molecule has 7 heteroatoms. The van der Waals surface area contributed by atoms with E-state index in [0.717, 1.165) is 31.4 Å². The number of hydrogen-bond acceptors (Lipinski definition) is 3. The highest BCUT2D eigenvalue weighted by molar-refractivity contribution is 7.99. The fraction of sp³-hybridized carbons (Fsp3) is 0.440. The van der Waals surface area contributed by atoms with Crippen LogP contribution >= 0.6 is 35.0 Å². The fourth-order valence-corrected chi connectivity index (χ4v) is 5.34. The maximum atomic E-state index is 13.2. The second-order valence-electron chi connectivity index (χ2n) is 8.37. The van der Waals surface area contributed by atoms with Crippen molar-refractivity contribution in [3.8, 4) is 0 Å². The first-order valence-electron chi connectivity index (χ1n) is 11.0. The van der Waals surface area contributed by atoms with Crippen LogP contribution < -0.4 is 5.32 Å². The number of rotatable bonds is 9. The smallest absolute Gasteiger partial charge is 0.242 e. The lowest BCUT2D eigenvalue weighted by atomic mass is 10.1. The number of hydrogen-bond donors (Lipinski definition) is 1. The van der Waals surface area contributed by atoms with Crippen molar-refractivity contribution in [2.24, 2.45) is 0 Å². The molecule has 0 aliphatic heterocycles. The Morgan fingerprint density at radius 2 is 1.78 bits per heavy atom. The molecule has 2 aromatic rings. The minimum Gasteiger partial charge on any atom is -0.352 e. The maximum Gasteiger partial charge on any atom is 0.242 e. The van der Waals surface area contributed by atoms with Crippen molar-refractivity contribution in [1.82, 2.24) is 10.2 Å². The lowest BCUT2D eigenvalue weighted by Crippen LogP contribution is -2.50. The third-order valence-electron chi connectivity index (χ3n) is 5.84. The van der Waals surface area contributed by atoms with Crippen LogP contribution in [0.15, 0.2) is 42.5 Å². The standard InChI is InChI=1S/C25H30Cl2N2O2S/c1-17-7-5-8-19(13-17)15-32-16-24(30)29(14-21-22(26)11-6-12-23(21)27)18(2)25(31)28-20-9-3-4-10-20/h5-8,11-13,18,20H,3-4,9-10,14-16H2,1-2H3,(H,28,31)/t18-/m0/s1. The number of thioether (sulfide) groups is 1. The van der Waals surface area contributed by atoms with Gasteiger partial charge < -0.3 is 10.2 Å². The zero-order valence-electron chi connectivity index (χ0n) is 18.6. The van der Waals surface area contributed by atoms with Crippen molar-refractivity contribution >= 4 is 46.8 Å². The monoisotopic (exact) mass is 492 g/mol. The maximum absolute atomic E-state index is 13.2. The summed E-state index contributed by atoms with van der Waals surface area (Å²) in [5.41, 5.74) is 3.03. The first-order chi connectivity index (χ1) is 15.3. The molecule has 4 nitrogen and oxygen atoms in total. The molecule has 2 amide bonds. The van der Waals surface area contributed by atoms with E-state index in [1.54, 1.807) is 41.8 Å². The van der Waals surface area contributed by atoms with E-state index in [1.165, 1.54) is 11.1 Å². The van der Waals surface area contributed by atoms with Crippen LogP contribution in [0.25, 0.3) is 0 Å². The molecule has 172 valence electrons. The summed E-state index contributed by atoms with van der Waals surface area (Å²) in [6.45, 7) is 4.03. The molecule has 32 heavy (non-hydrogen) atoms. The van der Waals surface area contributed by atoms with Crippen molar-refractivity contribution < 1.29 is 9.59 Å². The van der Waals surface area contributed by atoms with Gasteiger partial charge in [-0.1, -0.05) is 71.9 Å². The van der Waals surface area contributed by atoms with Crippen LogP contribution in [-0.4, -0.2) is 34.6 Å². The molecule has 1 fully saturated rings. The topological polar surface area (TPSA) is 49.4 Å². The van der Waals surface area contributed by atoms with E-state index >= 15 is 0 Å². The van der Waals surface area contributed by atoms with E-state index in [0.29, 0.717) is 15.6 Å². The first kappa shape index (κ1) is 24.9. The Labute approximate surface area is 205 Å². The molecule has 0 bridgehead atoms. The molecule has 0 aromatic heterocycles. The molecule has 0 heterocycles. The molecule has 0 saturated heterocycles. The number of halogens is 2. The van der Waals surface area contributed by atoms with Gasteiger partial charge in [0.25, 0.3) is 0 Å². The van der Waals surface area contributed by atoms with E-state index in [4.69, 9.17) is 23.2 Å². The Balaban J connectivity index is 1.70. The van der Waals surface area contributed by atoms with Crippen molar-refractivity contribution in [2.45, 2.75) is 63.9 Å². The third-order valence-corrected chi connectivity index (χ3v) is 7.53. The number of carbonyl (C=O) groups excluding carboxylic acids is 2. The Kier molecular flexibility index (Phi) is 9.33. The van der Waals surface area contributed by atoms with Gasteiger partial charge in [-0.15, -0.1) is 11.8 Å². The van der Waals surface area contributed by atoms with Gasteiger partial charge in [0.15, 0.2) is 0 Å². The second kappa shape index (κ2) is 12.0. The summed E-state index contributed by atoms with van der Waals surface area (Å²) in [5, 5.41) is 4.10. The zero-order chi connectivity index (χ0) is 23.1. The summed E-state index contributed by atoms with van der Waals surface area (Å²) in [4.78, 5) is 27.8. The number of nitrogens with zero attached hydrogens (tertiary/aromatic N) is 1. The van der Waals surface area contributed by atoms with Gasteiger partial charge in [0.1, 0.15) is 6.04 Å². The molecule has 1 saturated carbocycles. The SMILES string of the molecule is Cc1cccc(CSCC(=O)N(Cc2c(Cl)cccc2Cl)[C@@H](C)C(=O)NC2CCCC2)c1. The van der Waals surface area contributed by atoms with Gasteiger partial charge >= 0.3 is 0 Å². The van der Waals surface area contributed by atoms with E-state index in [9.17, 15) is 9.59 Å². The molecular formula is C25H30Cl2N2O2S. The Hall–Kier alpha value is -1.69. The van der Waals surface area contributed by atoms with Gasteiger partial charge in [0.2, 0.25) is 11.8 Å². The highest BCUT2D eigenvalue weighted by Crippen LogP contribution is 2.27. The van der Waals surface area contributed by atoms with E-state index in [2.05, 4.69) is 30.4 Å². The molecule has 3 rings (SSSR count). The molecule has 1 N–H and O–H groups in total. The molecule has 0 radical (unpaired) electrons. The van der Waals surface area contributed by atoms with Gasteiger partial charge in [-0.3, -0.25) is 9.59 Å². The lowest BCUT2D eigenvalue weighted by molar-refractivity contribution is -0.138. The molecule has 0 unspecified atom stereocenters. The number of aryl methyl sites for hydroxylation is 1. The Morgan fingerprint density at radius 3 is 2.44 bits per heavy atom.